The number of carbonyl (C=O) groups is 1. The number of fused-ring (bicyclic) bond motifs is 1. The van der Waals surface area contributed by atoms with Crippen molar-refractivity contribution >= 4 is 51.8 Å². The predicted molar refractivity (Wildman–Crippen MR) is 126 cm³/mol. The number of thioether (sulfide) groups is 1. The van der Waals surface area contributed by atoms with Crippen LogP contribution in [0.3, 0.4) is 0 Å². The third-order valence-corrected chi connectivity index (χ3v) is 5.97. The summed E-state index contributed by atoms with van der Waals surface area (Å²) < 4.78 is 1.49. The lowest BCUT2D eigenvalue weighted by atomic mass is 10.2. The van der Waals surface area contributed by atoms with Crippen molar-refractivity contribution in [1.82, 2.24) is 14.9 Å². The van der Waals surface area contributed by atoms with Crippen LogP contribution in [0.5, 0.6) is 0 Å². The maximum Gasteiger partial charge on any atom is 0.266 e. The van der Waals surface area contributed by atoms with Gasteiger partial charge < -0.3 is 5.32 Å². The average molecular weight is 470 g/mol. The van der Waals surface area contributed by atoms with Crippen molar-refractivity contribution in [3.05, 3.63) is 98.8 Å². The highest BCUT2D eigenvalue weighted by atomic mass is 35.5. The molecule has 5 nitrogen and oxygen atoms in total. The van der Waals surface area contributed by atoms with Gasteiger partial charge in [-0.3, -0.25) is 14.2 Å². The first-order valence-electron chi connectivity index (χ1n) is 9.43. The average Bonchev–Trinajstić information content (AvgIpc) is 2.77. The van der Waals surface area contributed by atoms with Crippen LogP contribution in [-0.2, 0) is 11.3 Å². The van der Waals surface area contributed by atoms with E-state index in [1.807, 2.05) is 18.2 Å². The monoisotopic (exact) mass is 469 g/mol. The minimum Gasteiger partial charge on any atom is -0.351 e. The standard InChI is InChI=1S/C23H17Cl2N3O2S/c24-16-10-8-15(9-11-16)13-26-21(29)14-31-23-27-20-7-2-1-6-19(20)22(30)28(23)18-5-3-4-17(25)12-18/h1-12H,13-14H2,(H,26,29). The van der Waals surface area contributed by atoms with Gasteiger partial charge in [0.15, 0.2) is 5.16 Å². The minimum absolute atomic E-state index is 0.110. The zero-order valence-electron chi connectivity index (χ0n) is 16.2. The topological polar surface area (TPSA) is 64.0 Å². The second-order valence-corrected chi connectivity index (χ2v) is 8.54. The van der Waals surface area contributed by atoms with Crippen molar-refractivity contribution < 1.29 is 4.79 Å². The fourth-order valence-corrected chi connectivity index (χ4v) is 4.19. The fourth-order valence-electron chi connectivity index (χ4n) is 3.04. The molecule has 0 spiro atoms. The van der Waals surface area contributed by atoms with E-state index in [4.69, 9.17) is 23.2 Å². The van der Waals surface area contributed by atoms with E-state index in [9.17, 15) is 9.59 Å². The van der Waals surface area contributed by atoms with Crippen LogP contribution < -0.4 is 10.9 Å². The summed E-state index contributed by atoms with van der Waals surface area (Å²) in [6.07, 6.45) is 0. The van der Waals surface area contributed by atoms with Gasteiger partial charge in [0.05, 0.1) is 22.3 Å². The summed E-state index contributed by atoms with van der Waals surface area (Å²) in [5.41, 5.74) is 1.91. The smallest absolute Gasteiger partial charge is 0.266 e. The summed E-state index contributed by atoms with van der Waals surface area (Å²) in [4.78, 5) is 30.2. The van der Waals surface area contributed by atoms with Crippen LogP contribution in [0.4, 0.5) is 0 Å². The van der Waals surface area contributed by atoms with Crippen molar-refractivity contribution in [2.24, 2.45) is 0 Å². The van der Waals surface area contributed by atoms with Gasteiger partial charge in [-0.05, 0) is 48.0 Å². The molecule has 0 aliphatic heterocycles. The lowest BCUT2D eigenvalue weighted by Gasteiger charge is -2.13. The van der Waals surface area contributed by atoms with Crippen molar-refractivity contribution in [3.63, 3.8) is 0 Å². The van der Waals surface area contributed by atoms with E-state index in [2.05, 4.69) is 10.3 Å². The van der Waals surface area contributed by atoms with Gasteiger partial charge in [-0.25, -0.2) is 4.98 Å². The summed E-state index contributed by atoms with van der Waals surface area (Å²) in [5, 5.41) is 4.95. The van der Waals surface area contributed by atoms with Gasteiger partial charge in [-0.2, -0.15) is 0 Å². The molecule has 0 saturated heterocycles. The van der Waals surface area contributed by atoms with Crippen molar-refractivity contribution in [2.75, 3.05) is 5.75 Å². The molecule has 0 aliphatic rings. The van der Waals surface area contributed by atoms with E-state index in [1.165, 1.54) is 16.3 Å². The van der Waals surface area contributed by atoms with E-state index in [0.717, 1.165) is 5.56 Å². The predicted octanol–water partition coefficient (Wildman–Crippen LogP) is 5.10. The summed E-state index contributed by atoms with van der Waals surface area (Å²) >= 11 is 13.2. The van der Waals surface area contributed by atoms with Crippen LogP contribution >= 0.6 is 35.0 Å². The largest absolute Gasteiger partial charge is 0.351 e. The van der Waals surface area contributed by atoms with Gasteiger partial charge >= 0.3 is 0 Å². The summed E-state index contributed by atoms with van der Waals surface area (Å²) in [5.74, 6) is -0.0566. The first-order valence-corrected chi connectivity index (χ1v) is 11.2. The van der Waals surface area contributed by atoms with E-state index >= 15 is 0 Å². The molecule has 1 heterocycles. The molecular formula is C23H17Cl2N3O2S. The molecule has 0 saturated carbocycles. The molecule has 0 fully saturated rings. The molecule has 0 bridgehead atoms. The van der Waals surface area contributed by atoms with Crippen LogP contribution in [0.2, 0.25) is 10.0 Å². The fraction of sp³-hybridized carbons (Fsp3) is 0.0870. The maximum atomic E-state index is 13.2. The van der Waals surface area contributed by atoms with Gasteiger partial charge in [0.25, 0.3) is 5.56 Å². The number of carbonyl (C=O) groups excluding carboxylic acids is 1. The number of aromatic nitrogens is 2. The number of nitrogens with zero attached hydrogens (tertiary/aromatic N) is 2. The number of hydrogen-bond acceptors (Lipinski definition) is 4. The highest BCUT2D eigenvalue weighted by Crippen LogP contribution is 2.23. The van der Waals surface area contributed by atoms with Crippen LogP contribution in [0, 0.1) is 0 Å². The van der Waals surface area contributed by atoms with Gasteiger partial charge in [-0.1, -0.05) is 65.3 Å². The molecule has 0 aliphatic carbocycles. The Labute approximate surface area is 193 Å². The number of halogens is 2. The summed E-state index contributed by atoms with van der Waals surface area (Å²) in [7, 11) is 0. The number of nitrogens with one attached hydrogen (secondary N) is 1. The Morgan fingerprint density at radius 2 is 1.74 bits per heavy atom. The molecule has 31 heavy (non-hydrogen) atoms. The van der Waals surface area contributed by atoms with E-state index < -0.39 is 0 Å². The number of para-hydroxylation sites is 1. The van der Waals surface area contributed by atoms with Crippen LogP contribution in [0.25, 0.3) is 16.6 Å². The molecule has 4 aromatic rings. The molecular weight excluding hydrogens is 453 g/mol. The number of hydrogen-bond donors (Lipinski definition) is 1. The SMILES string of the molecule is O=C(CSc1nc2ccccc2c(=O)n1-c1cccc(Cl)c1)NCc1ccc(Cl)cc1. The highest BCUT2D eigenvalue weighted by molar-refractivity contribution is 7.99. The maximum absolute atomic E-state index is 13.2. The molecule has 4 rings (SSSR count). The molecule has 1 N–H and O–H groups in total. The van der Waals surface area contributed by atoms with Crippen LogP contribution in [0.15, 0.2) is 82.7 Å². The number of amides is 1. The van der Waals surface area contributed by atoms with Crippen molar-refractivity contribution in [2.45, 2.75) is 11.7 Å². The Bertz CT molecular complexity index is 1310. The van der Waals surface area contributed by atoms with Crippen molar-refractivity contribution in [3.8, 4) is 5.69 Å². The van der Waals surface area contributed by atoms with Crippen LogP contribution in [0.1, 0.15) is 5.56 Å². The summed E-state index contributed by atoms with van der Waals surface area (Å²) in [6.45, 7) is 0.392. The van der Waals surface area contributed by atoms with E-state index in [1.54, 1.807) is 54.6 Å². The first-order chi connectivity index (χ1) is 15.0. The molecule has 8 heteroatoms. The van der Waals surface area contributed by atoms with Gasteiger partial charge in [0.1, 0.15) is 0 Å². The van der Waals surface area contributed by atoms with E-state index in [-0.39, 0.29) is 17.2 Å². The Kier molecular flexibility index (Phi) is 6.61. The third-order valence-electron chi connectivity index (χ3n) is 4.55. The Morgan fingerprint density at radius 3 is 2.52 bits per heavy atom. The van der Waals surface area contributed by atoms with Gasteiger partial charge in [-0.15, -0.1) is 0 Å². The molecule has 1 amide bonds. The van der Waals surface area contributed by atoms with E-state index in [0.29, 0.717) is 38.3 Å². The normalized spacial score (nSPS) is 10.9. The number of rotatable bonds is 6. The van der Waals surface area contributed by atoms with Crippen molar-refractivity contribution in [1.29, 1.82) is 0 Å². The molecule has 156 valence electrons. The Balaban J connectivity index is 1.59. The second-order valence-electron chi connectivity index (χ2n) is 6.72. The zero-order chi connectivity index (χ0) is 21.8. The Hall–Kier alpha value is -2.80. The second kappa shape index (κ2) is 9.56. The molecule has 0 radical (unpaired) electrons. The zero-order valence-corrected chi connectivity index (χ0v) is 18.5. The number of benzene rings is 3. The third kappa shape index (κ3) is 5.10. The highest BCUT2D eigenvalue weighted by Gasteiger charge is 2.15. The molecule has 3 aromatic carbocycles. The first kappa shape index (κ1) is 21.4. The minimum atomic E-state index is -0.211. The summed E-state index contributed by atoms with van der Waals surface area (Å²) in [6, 6.07) is 21.4. The lowest BCUT2D eigenvalue weighted by Crippen LogP contribution is -2.26. The van der Waals surface area contributed by atoms with Crippen LogP contribution in [-0.4, -0.2) is 21.2 Å². The van der Waals surface area contributed by atoms with Gasteiger partial charge in [0, 0.05) is 16.6 Å². The lowest BCUT2D eigenvalue weighted by molar-refractivity contribution is -0.118. The quantitative estimate of drug-likeness (QED) is 0.315. The molecule has 0 unspecified atom stereocenters. The van der Waals surface area contributed by atoms with Gasteiger partial charge in [0.2, 0.25) is 5.91 Å². The molecule has 1 aromatic heterocycles. The Morgan fingerprint density at radius 1 is 0.968 bits per heavy atom. The molecule has 0 atom stereocenters.